The van der Waals surface area contributed by atoms with E-state index in [9.17, 15) is 4.79 Å². The molecular weight excluding hydrogens is 124 g/mol. The SMILES string of the molecule is CCCCCC[C@H](C)C=O. The second kappa shape index (κ2) is 6.79. The molecular formula is C9H18O. The number of aldehydes is 1. The Hall–Kier alpha value is -0.330. The van der Waals surface area contributed by atoms with Crippen LogP contribution in [0.15, 0.2) is 0 Å². The van der Waals surface area contributed by atoms with Gasteiger partial charge in [-0.05, 0) is 6.42 Å². The number of hydrogen-bond donors (Lipinski definition) is 0. The Balaban J connectivity index is 2.95. The van der Waals surface area contributed by atoms with Gasteiger partial charge in [0.15, 0.2) is 0 Å². The first-order chi connectivity index (χ1) is 4.81. The summed E-state index contributed by atoms with van der Waals surface area (Å²) in [5.41, 5.74) is 0. The zero-order valence-corrected chi connectivity index (χ0v) is 7.10. The van der Waals surface area contributed by atoms with Crippen LogP contribution in [0.4, 0.5) is 0 Å². The van der Waals surface area contributed by atoms with E-state index < -0.39 is 0 Å². The van der Waals surface area contributed by atoms with Gasteiger partial charge in [-0.2, -0.15) is 0 Å². The number of carbonyl (C=O) groups excluding carboxylic acids is 1. The molecule has 60 valence electrons. The van der Waals surface area contributed by atoms with E-state index in [4.69, 9.17) is 0 Å². The lowest BCUT2D eigenvalue weighted by Gasteiger charge is -2.00. The van der Waals surface area contributed by atoms with Gasteiger partial charge in [-0.15, -0.1) is 0 Å². The van der Waals surface area contributed by atoms with Crippen molar-refractivity contribution in [3.8, 4) is 0 Å². The van der Waals surface area contributed by atoms with Crippen molar-refractivity contribution in [3.63, 3.8) is 0 Å². The predicted molar refractivity (Wildman–Crippen MR) is 44.0 cm³/mol. The Morgan fingerprint density at radius 2 is 2.00 bits per heavy atom. The molecule has 0 amide bonds. The maximum atomic E-state index is 10.2. The van der Waals surface area contributed by atoms with Crippen molar-refractivity contribution in [2.45, 2.75) is 46.0 Å². The maximum Gasteiger partial charge on any atom is 0.122 e. The Kier molecular flexibility index (Phi) is 6.56. The Labute approximate surface area is 63.8 Å². The summed E-state index contributed by atoms with van der Waals surface area (Å²) in [6, 6.07) is 0. The Morgan fingerprint density at radius 3 is 2.50 bits per heavy atom. The smallest absolute Gasteiger partial charge is 0.122 e. The van der Waals surface area contributed by atoms with Crippen LogP contribution in [-0.2, 0) is 4.79 Å². The minimum absolute atomic E-state index is 0.275. The minimum atomic E-state index is 0.275. The molecule has 0 aliphatic rings. The van der Waals surface area contributed by atoms with Gasteiger partial charge in [-0.3, -0.25) is 0 Å². The van der Waals surface area contributed by atoms with Gasteiger partial charge < -0.3 is 4.79 Å². The lowest BCUT2D eigenvalue weighted by atomic mass is 10.0. The van der Waals surface area contributed by atoms with E-state index in [1.54, 1.807) is 0 Å². The molecule has 0 aliphatic carbocycles. The van der Waals surface area contributed by atoms with Crippen molar-refractivity contribution in [3.05, 3.63) is 0 Å². The second-order valence-corrected chi connectivity index (χ2v) is 2.96. The van der Waals surface area contributed by atoms with Crippen LogP contribution >= 0.6 is 0 Å². The van der Waals surface area contributed by atoms with Crippen molar-refractivity contribution < 1.29 is 4.79 Å². The van der Waals surface area contributed by atoms with Crippen LogP contribution in [-0.4, -0.2) is 6.29 Å². The van der Waals surface area contributed by atoms with E-state index in [1.807, 2.05) is 6.92 Å². The first-order valence-corrected chi connectivity index (χ1v) is 4.26. The lowest BCUT2D eigenvalue weighted by Crippen LogP contribution is -1.94. The van der Waals surface area contributed by atoms with Gasteiger partial charge in [0.25, 0.3) is 0 Å². The molecule has 1 nitrogen and oxygen atoms in total. The van der Waals surface area contributed by atoms with E-state index in [0.717, 1.165) is 12.7 Å². The van der Waals surface area contributed by atoms with Gasteiger partial charge in [0.1, 0.15) is 6.29 Å². The largest absolute Gasteiger partial charge is 0.303 e. The normalized spacial score (nSPS) is 13.0. The summed E-state index contributed by atoms with van der Waals surface area (Å²) in [7, 11) is 0. The third-order valence-corrected chi connectivity index (χ3v) is 1.75. The summed E-state index contributed by atoms with van der Waals surface area (Å²) in [4.78, 5) is 10.2. The monoisotopic (exact) mass is 142 g/mol. The summed E-state index contributed by atoms with van der Waals surface area (Å²) in [5, 5.41) is 0. The molecule has 0 radical (unpaired) electrons. The molecule has 0 spiro atoms. The first-order valence-electron chi connectivity index (χ1n) is 4.26. The molecule has 0 aromatic heterocycles. The highest BCUT2D eigenvalue weighted by molar-refractivity contribution is 5.52. The zero-order chi connectivity index (χ0) is 7.82. The van der Waals surface area contributed by atoms with Gasteiger partial charge in [-0.25, -0.2) is 0 Å². The third-order valence-electron chi connectivity index (χ3n) is 1.75. The number of hydrogen-bond acceptors (Lipinski definition) is 1. The molecule has 10 heavy (non-hydrogen) atoms. The van der Waals surface area contributed by atoms with E-state index in [1.165, 1.54) is 25.7 Å². The average molecular weight is 142 g/mol. The molecule has 1 heteroatoms. The van der Waals surface area contributed by atoms with Crippen molar-refractivity contribution in [1.29, 1.82) is 0 Å². The molecule has 0 aliphatic heterocycles. The summed E-state index contributed by atoms with van der Waals surface area (Å²) < 4.78 is 0. The van der Waals surface area contributed by atoms with E-state index in [2.05, 4.69) is 6.92 Å². The van der Waals surface area contributed by atoms with Gasteiger partial charge in [0.2, 0.25) is 0 Å². The van der Waals surface area contributed by atoms with Crippen LogP contribution in [0.1, 0.15) is 46.0 Å². The molecule has 0 N–H and O–H groups in total. The summed E-state index contributed by atoms with van der Waals surface area (Å²) in [6.45, 7) is 4.18. The topological polar surface area (TPSA) is 17.1 Å². The molecule has 0 rings (SSSR count). The van der Waals surface area contributed by atoms with Crippen LogP contribution < -0.4 is 0 Å². The maximum absolute atomic E-state index is 10.2. The molecule has 0 fully saturated rings. The lowest BCUT2D eigenvalue weighted by molar-refractivity contribution is -0.110. The highest BCUT2D eigenvalue weighted by atomic mass is 16.1. The molecule has 0 aromatic carbocycles. The number of rotatable bonds is 6. The van der Waals surface area contributed by atoms with Gasteiger partial charge >= 0.3 is 0 Å². The van der Waals surface area contributed by atoms with Crippen LogP contribution in [0.3, 0.4) is 0 Å². The quantitative estimate of drug-likeness (QED) is 0.411. The van der Waals surface area contributed by atoms with Crippen molar-refractivity contribution >= 4 is 6.29 Å². The summed E-state index contributed by atoms with van der Waals surface area (Å²) in [6.07, 6.45) is 7.21. The van der Waals surface area contributed by atoms with Crippen LogP contribution in [0.25, 0.3) is 0 Å². The molecule has 0 aromatic rings. The van der Waals surface area contributed by atoms with Gasteiger partial charge in [-0.1, -0.05) is 39.5 Å². The molecule has 0 heterocycles. The molecule has 0 saturated carbocycles. The van der Waals surface area contributed by atoms with Crippen LogP contribution in [0.2, 0.25) is 0 Å². The van der Waals surface area contributed by atoms with Gasteiger partial charge in [0, 0.05) is 5.92 Å². The third kappa shape index (κ3) is 5.80. The Bertz CT molecular complexity index is 78.8. The highest BCUT2D eigenvalue weighted by Crippen LogP contribution is 2.07. The van der Waals surface area contributed by atoms with E-state index in [0.29, 0.717) is 0 Å². The fourth-order valence-corrected chi connectivity index (χ4v) is 0.961. The predicted octanol–water partition coefficient (Wildman–Crippen LogP) is 2.79. The number of carbonyl (C=O) groups is 1. The second-order valence-electron chi connectivity index (χ2n) is 2.96. The van der Waals surface area contributed by atoms with Crippen LogP contribution in [0, 0.1) is 5.92 Å². The Morgan fingerprint density at radius 1 is 1.30 bits per heavy atom. The first kappa shape index (κ1) is 9.67. The number of unbranched alkanes of at least 4 members (excludes halogenated alkanes) is 3. The minimum Gasteiger partial charge on any atom is -0.303 e. The van der Waals surface area contributed by atoms with Crippen molar-refractivity contribution in [2.75, 3.05) is 0 Å². The van der Waals surface area contributed by atoms with E-state index >= 15 is 0 Å². The fourth-order valence-electron chi connectivity index (χ4n) is 0.961. The van der Waals surface area contributed by atoms with Crippen molar-refractivity contribution in [1.82, 2.24) is 0 Å². The molecule has 0 bridgehead atoms. The molecule has 0 saturated heterocycles. The van der Waals surface area contributed by atoms with Crippen LogP contribution in [0.5, 0.6) is 0 Å². The van der Waals surface area contributed by atoms with E-state index in [-0.39, 0.29) is 5.92 Å². The summed E-state index contributed by atoms with van der Waals surface area (Å²) in [5.74, 6) is 0.275. The zero-order valence-electron chi connectivity index (χ0n) is 7.10. The highest BCUT2D eigenvalue weighted by Gasteiger charge is 1.97. The molecule has 0 unspecified atom stereocenters. The van der Waals surface area contributed by atoms with Gasteiger partial charge in [0.05, 0.1) is 0 Å². The van der Waals surface area contributed by atoms with Crippen molar-refractivity contribution in [2.24, 2.45) is 5.92 Å². The average Bonchev–Trinajstić information content (AvgIpc) is 1.98. The fraction of sp³-hybridized carbons (Fsp3) is 0.889. The summed E-state index contributed by atoms with van der Waals surface area (Å²) >= 11 is 0. The molecule has 1 atom stereocenters. The standard InChI is InChI=1S/C9H18O/c1-3-4-5-6-7-9(2)8-10/h8-9H,3-7H2,1-2H3/t9-/m0/s1.